The molecule has 0 saturated heterocycles. The SMILES string of the molecule is O=C(O)CC(c1ccc(C(F)(F)F)cc1Cl)C1CC1. The first-order valence-electron chi connectivity index (χ1n) is 5.87. The van der Waals surface area contributed by atoms with Gasteiger partial charge in [0.15, 0.2) is 0 Å². The molecule has 104 valence electrons. The molecule has 6 heteroatoms. The zero-order valence-electron chi connectivity index (χ0n) is 9.88. The molecule has 0 aliphatic heterocycles. The van der Waals surface area contributed by atoms with Gasteiger partial charge in [-0.15, -0.1) is 0 Å². The molecular weight excluding hydrogens is 281 g/mol. The van der Waals surface area contributed by atoms with Gasteiger partial charge in [0, 0.05) is 5.02 Å². The van der Waals surface area contributed by atoms with Gasteiger partial charge in [0.25, 0.3) is 0 Å². The lowest BCUT2D eigenvalue weighted by atomic mass is 9.90. The molecule has 1 aromatic carbocycles. The Bertz CT molecular complexity index is 495. The number of hydrogen-bond donors (Lipinski definition) is 1. The second kappa shape index (κ2) is 5.04. The van der Waals surface area contributed by atoms with Gasteiger partial charge in [-0.2, -0.15) is 13.2 Å². The third-order valence-corrected chi connectivity index (χ3v) is 3.64. The molecule has 1 atom stereocenters. The first-order chi connectivity index (χ1) is 8.79. The van der Waals surface area contributed by atoms with Crippen LogP contribution < -0.4 is 0 Å². The number of alkyl halides is 3. The lowest BCUT2D eigenvalue weighted by Gasteiger charge is -2.17. The predicted molar refractivity (Wildman–Crippen MR) is 64.2 cm³/mol. The van der Waals surface area contributed by atoms with Crippen LogP contribution in [0.15, 0.2) is 18.2 Å². The maximum atomic E-state index is 12.5. The Hall–Kier alpha value is -1.23. The minimum absolute atomic E-state index is 0.00650. The van der Waals surface area contributed by atoms with E-state index in [0.29, 0.717) is 5.56 Å². The predicted octanol–water partition coefficient (Wildman–Crippen LogP) is 4.33. The Morgan fingerprint density at radius 3 is 2.47 bits per heavy atom. The topological polar surface area (TPSA) is 37.3 Å². The highest BCUT2D eigenvalue weighted by Gasteiger charge is 2.36. The standard InChI is InChI=1S/C13H12ClF3O2/c14-11-5-8(13(15,16)17)3-4-9(11)10(6-12(18)19)7-1-2-7/h3-5,7,10H,1-2,6H2,(H,18,19). The van der Waals surface area contributed by atoms with Crippen LogP contribution >= 0.6 is 11.6 Å². The second-order valence-electron chi connectivity index (χ2n) is 4.78. The zero-order valence-corrected chi connectivity index (χ0v) is 10.6. The quantitative estimate of drug-likeness (QED) is 0.897. The smallest absolute Gasteiger partial charge is 0.416 e. The Balaban J connectivity index is 2.30. The van der Waals surface area contributed by atoms with Crippen molar-refractivity contribution in [3.8, 4) is 0 Å². The van der Waals surface area contributed by atoms with E-state index >= 15 is 0 Å². The summed E-state index contributed by atoms with van der Waals surface area (Å²) in [5.74, 6) is -1.05. The Morgan fingerprint density at radius 1 is 1.42 bits per heavy atom. The summed E-state index contributed by atoms with van der Waals surface area (Å²) in [5.41, 5.74) is -0.314. The van der Waals surface area contributed by atoms with Crippen LogP contribution in [0.1, 0.15) is 36.3 Å². The average Bonchev–Trinajstić information content (AvgIpc) is 3.08. The van der Waals surface area contributed by atoms with E-state index in [0.717, 1.165) is 25.0 Å². The lowest BCUT2D eigenvalue weighted by molar-refractivity contribution is -0.138. The third kappa shape index (κ3) is 3.41. The number of aliphatic carboxylic acids is 1. The molecule has 0 aromatic heterocycles. The number of benzene rings is 1. The Morgan fingerprint density at radius 2 is 2.05 bits per heavy atom. The van der Waals surface area contributed by atoms with E-state index in [1.165, 1.54) is 6.07 Å². The van der Waals surface area contributed by atoms with Crippen molar-refractivity contribution < 1.29 is 23.1 Å². The minimum Gasteiger partial charge on any atom is -0.481 e. The second-order valence-corrected chi connectivity index (χ2v) is 5.18. The van der Waals surface area contributed by atoms with Crippen LogP contribution in [0.5, 0.6) is 0 Å². The highest BCUT2D eigenvalue weighted by atomic mass is 35.5. The number of carboxylic acid groups (broad SMARTS) is 1. The number of hydrogen-bond acceptors (Lipinski definition) is 1. The molecule has 1 fully saturated rings. The van der Waals surface area contributed by atoms with Gasteiger partial charge in [-0.05, 0) is 42.4 Å². The van der Waals surface area contributed by atoms with Crippen molar-refractivity contribution in [2.75, 3.05) is 0 Å². The van der Waals surface area contributed by atoms with E-state index < -0.39 is 17.7 Å². The van der Waals surface area contributed by atoms with E-state index in [9.17, 15) is 18.0 Å². The van der Waals surface area contributed by atoms with Gasteiger partial charge in [0.05, 0.1) is 12.0 Å². The van der Waals surface area contributed by atoms with Crippen molar-refractivity contribution in [3.05, 3.63) is 34.3 Å². The molecule has 1 unspecified atom stereocenters. The number of carboxylic acids is 1. The molecule has 1 saturated carbocycles. The lowest BCUT2D eigenvalue weighted by Crippen LogP contribution is -2.10. The fraction of sp³-hybridized carbons (Fsp3) is 0.462. The summed E-state index contributed by atoms with van der Waals surface area (Å²) >= 11 is 5.89. The highest BCUT2D eigenvalue weighted by Crippen LogP contribution is 2.47. The molecule has 0 spiro atoms. The van der Waals surface area contributed by atoms with Crippen LogP contribution in [0.3, 0.4) is 0 Å². The van der Waals surface area contributed by atoms with Crippen LogP contribution in [0.4, 0.5) is 13.2 Å². The molecule has 1 aliphatic carbocycles. The van der Waals surface area contributed by atoms with Crippen molar-refractivity contribution >= 4 is 17.6 Å². The molecule has 1 aliphatic rings. The molecule has 0 bridgehead atoms. The number of carbonyl (C=O) groups is 1. The summed E-state index contributed by atoms with van der Waals surface area (Å²) in [6.07, 6.45) is -2.75. The first-order valence-corrected chi connectivity index (χ1v) is 6.25. The van der Waals surface area contributed by atoms with Gasteiger partial charge in [0.2, 0.25) is 0 Å². The van der Waals surface area contributed by atoms with Gasteiger partial charge in [-0.3, -0.25) is 4.79 Å². The van der Waals surface area contributed by atoms with Gasteiger partial charge in [0.1, 0.15) is 0 Å². The summed E-state index contributed by atoms with van der Waals surface area (Å²) in [6.45, 7) is 0. The average molecular weight is 293 g/mol. The van der Waals surface area contributed by atoms with Crippen molar-refractivity contribution in [1.29, 1.82) is 0 Å². The first kappa shape index (κ1) is 14.2. The fourth-order valence-corrected chi connectivity index (χ4v) is 2.54. The van der Waals surface area contributed by atoms with Crippen molar-refractivity contribution in [1.82, 2.24) is 0 Å². The normalized spacial score (nSPS) is 17.3. The molecular formula is C13H12ClF3O2. The fourth-order valence-electron chi connectivity index (χ4n) is 2.22. The zero-order chi connectivity index (χ0) is 14.2. The van der Waals surface area contributed by atoms with Crippen molar-refractivity contribution in [3.63, 3.8) is 0 Å². The van der Waals surface area contributed by atoms with E-state index in [-0.39, 0.29) is 23.3 Å². The Kier molecular flexibility index (Phi) is 3.76. The van der Waals surface area contributed by atoms with Gasteiger partial charge >= 0.3 is 12.1 Å². The van der Waals surface area contributed by atoms with Crippen LogP contribution in [-0.4, -0.2) is 11.1 Å². The summed E-state index contributed by atoms with van der Waals surface area (Å²) in [6, 6.07) is 3.13. The monoisotopic (exact) mass is 292 g/mol. The maximum Gasteiger partial charge on any atom is 0.416 e. The number of rotatable bonds is 4. The maximum absolute atomic E-state index is 12.5. The van der Waals surface area contributed by atoms with Gasteiger partial charge in [-0.1, -0.05) is 17.7 Å². The van der Waals surface area contributed by atoms with E-state index in [1.54, 1.807) is 0 Å². The van der Waals surface area contributed by atoms with E-state index in [2.05, 4.69) is 0 Å². The Labute approximate surface area is 113 Å². The van der Waals surface area contributed by atoms with Crippen molar-refractivity contribution in [2.45, 2.75) is 31.4 Å². The molecule has 0 amide bonds. The third-order valence-electron chi connectivity index (χ3n) is 3.31. The van der Waals surface area contributed by atoms with Gasteiger partial charge < -0.3 is 5.11 Å². The van der Waals surface area contributed by atoms with Crippen LogP contribution in [-0.2, 0) is 11.0 Å². The molecule has 1 aromatic rings. The molecule has 1 N–H and O–H groups in total. The molecule has 2 rings (SSSR count). The molecule has 2 nitrogen and oxygen atoms in total. The minimum atomic E-state index is -4.44. The van der Waals surface area contributed by atoms with Crippen LogP contribution in [0, 0.1) is 5.92 Å². The summed E-state index contributed by atoms with van der Waals surface area (Å²) < 4.78 is 37.6. The van der Waals surface area contributed by atoms with Crippen LogP contribution in [0.25, 0.3) is 0 Å². The molecule has 0 heterocycles. The highest BCUT2D eigenvalue weighted by molar-refractivity contribution is 6.31. The molecule has 19 heavy (non-hydrogen) atoms. The number of halogens is 4. The van der Waals surface area contributed by atoms with Crippen LogP contribution in [0.2, 0.25) is 5.02 Å². The summed E-state index contributed by atoms with van der Waals surface area (Å²) in [7, 11) is 0. The summed E-state index contributed by atoms with van der Waals surface area (Å²) in [4.78, 5) is 10.8. The molecule has 0 radical (unpaired) electrons. The van der Waals surface area contributed by atoms with Gasteiger partial charge in [-0.25, -0.2) is 0 Å². The largest absolute Gasteiger partial charge is 0.481 e. The van der Waals surface area contributed by atoms with Crippen molar-refractivity contribution in [2.24, 2.45) is 5.92 Å². The van der Waals surface area contributed by atoms with E-state index in [4.69, 9.17) is 16.7 Å². The van der Waals surface area contributed by atoms with E-state index in [1.807, 2.05) is 0 Å². The summed E-state index contributed by atoms with van der Waals surface area (Å²) in [5, 5.41) is 8.87.